The normalized spacial score (nSPS) is 21.9. The number of fused-ring (bicyclic) bond motifs is 2. The lowest BCUT2D eigenvalue weighted by Crippen LogP contribution is -2.45. The maximum absolute atomic E-state index is 14.2. The van der Waals surface area contributed by atoms with E-state index in [9.17, 15) is 9.59 Å². The Bertz CT molecular complexity index is 1380. The van der Waals surface area contributed by atoms with E-state index >= 15 is 0 Å². The molecule has 0 amide bonds. The first-order chi connectivity index (χ1) is 18.6. The number of ketones is 2. The van der Waals surface area contributed by atoms with Crippen molar-refractivity contribution in [1.82, 2.24) is 0 Å². The summed E-state index contributed by atoms with van der Waals surface area (Å²) in [6.45, 7) is 0. The molecule has 2 heterocycles. The number of carbonyl (C=O) groups is 2. The maximum Gasteiger partial charge on any atom is 0.174 e. The summed E-state index contributed by atoms with van der Waals surface area (Å²) in [5.74, 6) is 0.433. The minimum absolute atomic E-state index is 0.146. The molecule has 2 aliphatic heterocycles. The van der Waals surface area contributed by atoms with Crippen molar-refractivity contribution in [2.24, 2.45) is 11.8 Å². The van der Waals surface area contributed by atoms with Crippen LogP contribution in [0.5, 0.6) is 23.0 Å². The third-order valence-electron chi connectivity index (χ3n) is 7.35. The predicted molar refractivity (Wildman–Crippen MR) is 141 cm³/mol. The highest BCUT2D eigenvalue weighted by atomic mass is 16.5. The largest absolute Gasteiger partial charge is 0.497 e. The highest BCUT2D eigenvalue weighted by Gasteiger charge is 2.52. The Morgan fingerprint density at radius 1 is 0.526 bits per heavy atom. The summed E-state index contributed by atoms with van der Waals surface area (Å²) in [5, 5.41) is 0. The molecule has 6 nitrogen and oxygen atoms in total. The summed E-state index contributed by atoms with van der Waals surface area (Å²) in [6, 6.07) is 29.2. The second kappa shape index (κ2) is 9.71. The molecule has 4 aromatic rings. The van der Waals surface area contributed by atoms with Gasteiger partial charge in [0, 0.05) is 0 Å². The summed E-state index contributed by atoms with van der Waals surface area (Å²) in [5.41, 5.74) is 2.47. The number of hydrogen-bond donors (Lipinski definition) is 0. The van der Waals surface area contributed by atoms with Crippen molar-refractivity contribution < 1.29 is 28.5 Å². The van der Waals surface area contributed by atoms with Crippen LogP contribution in [0.1, 0.15) is 44.1 Å². The molecule has 0 saturated carbocycles. The van der Waals surface area contributed by atoms with E-state index in [-0.39, 0.29) is 11.6 Å². The van der Waals surface area contributed by atoms with Gasteiger partial charge in [0.05, 0.1) is 37.2 Å². The van der Waals surface area contributed by atoms with Crippen LogP contribution in [-0.2, 0) is 0 Å². The lowest BCUT2D eigenvalue weighted by Gasteiger charge is -2.42. The molecule has 0 radical (unpaired) electrons. The monoisotopic (exact) mass is 506 g/mol. The molecule has 0 N–H and O–H groups in total. The van der Waals surface area contributed by atoms with Crippen LogP contribution in [0.15, 0.2) is 97.1 Å². The van der Waals surface area contributed by atoms with Gasteiger partial charge in [0.15, 0.2) is 11.6 Å². The fraction of sp³-hybridized carbons (Fsp3) is 0.188. The van der Waals surface area contributed by atoms with E-state index in [0.29, 0.717) is 34.1 Å². The van der Waals surface area contributed by atoms with E-state index in [4.69, 9.17) is 18.9 Å². The Kier molecular flexibility index (Phi) is 6.08. The molecule has 6 rings (SSSR count). The van der Waals surface area contributed by atoms with Gasteiger partial charge in [-0.25, -0.2) is 0 Å². The first-order valence-electron chi connectivity index (χ1n) is 12.5. The SMILES string of the molecule is COc1ccc([C@H]2Oc3ccccc3C(=O)[C@H]2[C@@H]2C(=O)c3ccccc3O[C@@H]2c2ccc(OC)cc2)cc1. The zero-order chi connectivity index (χ0) is 26.2. The van der Waals surface area contributed by atoms with Crippen LogP contribution in [-0.4, -0.2) is 25.8 Å². The number of hydrogen-bond acceptors (Lipinski definition) is 6. The van der Waals surface area contributed by atoms with Gasteiger partial charge < -0.3 is 18.9 Å². The van der Waals surface area contributed by atoms with Crippen LogP contribution >= 0.6 is 0 Å². The zero-order valence-corrected chi connectivity index (χ0v) is 21.0. The molecule has 0 unspecified atom stereocenters. The molecule has 2 aliphatic rings. The van der Waals surface area contributed by atoms with E-state index in [1.807, 2.05) is 60.7 Å². The Morgan fingerprint density at radius 2 is 0.895 bits per heavy atom. The molecule has 4 atom stereocenters. The number of carbonyl (C=O) groups excluding carboxylic acids is 2. The number of rotatable bonds is 5. The van der Waals surface area contributed by atoms with Crippen LogP contribution in [0.3, 0.4) is 0 Å². The molecule has 4 aromatic carbocycles. The summed E-state index contributed by atoms with van der Waals surface area (Å²) >= 11 is 0. The van der Waals surface area contributed by atoms with Gasteiger partial charge in [0.2, 0.25) is 0 Å². The fourth-order valence-electron chi connectivity index (χ4n) is 5.44. The summed E-state index contributed by atoms with van der Waals surface area (Å²) in [4.78, 5) is 28.5. The van der Waals surface area contributed by atoms with Crippen molar-refractivity contribution in [3.05, 3.63) is 119 Å². The van der Waals surface area contributed by atoms with Crippen molar-refractivity contribution in [2.75, 3.05) is 14.2 Å². The number of para-hydroxylation sites is 2. The highest BCUT2D eigenvalue weighted by Crippen LogP contribution is 2.50. The van der Waals surface area contributed by atoms with Crippen LogP contribution in [0, 0.1) is 11.8 Å². The van der Waals surface area contributed by atoms with E-state index in [1.165, 1.54) is 0 Å². The van der Waals surface area contributed by atoms with Crippen LogP contribution in [0.25, 0.3) is 0 Å². The van der Waals surface area contributed by atoms with Crippen LogP contribution < -0.4 is 18.9 Å². The number of Topliss-reactive ketones (excluding diaryl/α,β-unsaturated/α-hetero) is 2. The van der Waals surface area contributed by atoms with Gasteiger partial charge in [0.1, 0.15) is 35.2 Å². The highest BCUT2D eigenvalue weighted by molar-refractivity contribution is 6.08. The fourth-order valence-corrected chi connectivity index (χ4v) is 5.44. The van der Waals surface area contributed by atoms with Crippen molar-refractivity contribution in [3.8, 4) is 23.0 Å². The molecule has 0 aromatic heterocycles. The van der Waals surface area contributed by atoms with Crippen molar-refractivity contribution in [3.63, 3.8) is 0 Å². The third-order valence-corrected chi connectivity index (χ3v) is 7.35. The molecule has 190 valence electrons. The lowest BCUT2D eigenvalue weighted by atomic mass is 9.70. The molecule has 6 heteroatoms. The summed E-state index contributed by atoms with van der Waals surface area (Å²) in [6.07, 6.45) is -1.40. The summed E-state index contributed by atoms with van der Waals surface area (Å²) in [7, 11) is 3.20. The molecule has 0 saturated heterocycles. The number of methoxy groups -OCH3 is 2. The van der Waals surface area contributed by atoms with Crippen LogP contribution in [0.2, 0.25) is 0 Å². The van der Waals surface area contributed by atoms with Gasteiger partial charge in [0.25, 0.3) is 0 Å². The van der Waals surface area contributed by atoms with Gasteiger partial charge >= 0.3 is 0 Å². The molecular formula is C32H26O6. The van der Waals surface area contributed by atoms with Gasteiger partial charge in [-0.2, -0.15) is 0 Å². The Hall–Kier alpha value is -4.58. The predicted octanol–water partition coefficient (Wildman–Crippen LogP) is 6.27. The Morgan fingerprint density at radius 3 is 1.26 bits per heavy atom. The minimum atomic E-state index is -0.828. The molecule has 0 bridgehead atoms. The molecule has 38 heavy (non-hydrogen) atoms. The molecule has 0 spiro atoms. The number of ether oxygens (including phenoxy) is 4. The van der Waals surface area contributed by atoms with Crippen LogP contribution in [0.4, 0.5) is 0 Å². The Labute approximate surface area is 220 Å². The first-order valence-corrected chi connectivity index (χ1v) is 12.5. The minimum Gasteiger partial charge on any atom is -0.497 e. The topological polar surface area (TPSA) is 71.1 Å². The van der Waals surface area contributed by atoms with Crippen molar-refractivity contribution in [1.29, 1.82) is 0 Å². The molecule has 0 fully saturated rings. The van der Waals surface area contributed by atoms with E-state index in [2.05, 4.69) is 0 Å². The van der Waals surface area contributed by atoms with Gasteiger partial charge in [-0.05, 0) is 59.7 Å². The molecule has 0 aliphatic carbocycles. The number of benzene rings is 4. The zero-order valence-electron chi connectivity index (χ0n) is 21.0. The third kappa shape index (κ3) is 3.98. The van der Waals surface area contributed by atoms with Gasteiger partial charge in [-0.3, -0.25) is 9.59 Å². The van der Waals surface area contributed by atoms with E-state index < -0.39 is 24.0 Å². The van der Waals surface area contributed by atoms with E-state index in [1.54, 1.807) is 50.6 Å². The average Bonchev–Trinajstić information content (AvgIpc) is 2.98. The van der Waals surface area contributed by atoms with Gasteiger partial charge in [-0.15, -0.1) is 0 Å². The van der Waals surface area contributed by atoms with E-state index in [0.717, 1.165) is 11.1 Å². The molecular weight excluding hydrogens is 480 g/mol. The smallest absolute Gasteiger partial charge is 0.174 e. The Balaban J connectivity index is 1.52. The quantitative estimate of drug-likeness (QED) is 0.318. The van der Waals surface area contributed by atoms with Gasteiger partial charge in [-0.1, -0.05) is 48.5 Å². The standard InChI is InChI=1S/C32H26O6/c1-35-21-15-11-19(12-16-21)31-27(29(33)23-7-3-5-9-25(23)37-31)28-30(34)24-8-4-6-10-26(24)38-32(28)20-13-17-22(36-2)18-14-20/h3-18,27-28,31-32H,1-2H3/t27-,28-,31-,32-/m1/s1. The first kappa shape index (κ1) is 23.8. The lowest BCUT2D eigenvalue weighted by molar-refractivity contribution is 0.0137. The second-order valence-corrected chi connectivity index (χ2v) is 9.40. The van der Waals surface area contributed by atoms with Crippen molar-refractivity contribution in [2.45, 2.75) is 12.2 Å². The van der Waals surface area contributed by atoms with Crippen molar-refractivity contribution >= 4 is 11.6 Å². The maximum atomic E-state index is 14.2. The summed E-state index contributed by atoms with van der Waals surface area (Å²) < 4.78 is 23.7. The average molecular weight is 507 g/mol. The second-order valence-electron chi connectivity index (χ2n) is 9.40.